The first-order chi connectivity index (χ1) is 7.63. The summed E-state index contributed by atoms with van der Waals surface area (Å²) in [6.45, 7) is 0. The fraction of sp³-hybridized carbons (Fsp3) is 0. The van der Waals surface area contributed by atoms with Crippen LogP contribution in [-0.2, 0) is 0 Å². The van der Waals surface area contributed by atoms with E-state index in [9.17, 15) is 9.90 Å². The molecule has 6 nitrogen and oxygen atoms in total. The molecule has 0 saturated heterocycles. The van der Waals surface area contributed by atoms with Gasteiger partial charge in [0.05, 0.1) is 5.69 Å². The maximum atomic E-state index is 10.7. The number of benzene rings is 1. The number of anilines is 2. The molecule has 16 heavy (non-hydrogen) atoms. The van der Waals surface area contributed by atoms with Crippen molar-refractivity contribution in [3.8, 4) is 11.4 Å². The molecule has 0 aliphatic heterocycles. The molecule has 0 aliphatic carbocycles. The van der Waals surface area contributed by atoms with Crippen LogP contribution in [0.1, 0.15) is 10.4 Å². The summed E-state index contributed by atoms with van der Waals surface area (Å²) >= 11 is 0. The van der Waals surface area contributed by atoms with Crippen LogP contribution in [0.25, 0.3) is 5.69 Å². The molecule has 0 fully saturated rings. The van der Waals surface area contributed by atoms with E-state index in [1.165, 1.54) is 16.8 Å². The highest BCUT2D eigenvalue weighted by Gasteiger charge is 2.13. The molecule has 0 spiro atoms. The molecule has 2 aromatic rings. The molecule has 5 N–H and O–H groups in total. The zero-order valence-electron chi connectivity index (χ0n) is 8.29. The third-order valence-electron chi connectivity index (χ3n) is 2.18. The number of rotatable bonds is 2. The van der Waals surface area contributed by atoms with Crippen LogP contribution < -0.4 is 11.5 Å². The minimum absolute atomic E-state index is 0.0656. The van der Waals surface area contributed by atoms with Crippen LogP contribution in [-0.4, -0.2) is 21.2 Å². The molecular formula is C10H10N4O2. The first-order valence-corrected chi connectivity index (χ1v) is 4.52. The lowest BCUT2D eigenvalue weighted by Crippen LogP contribution is -2.02. The Hall–Kier alpha value is -2.50. The fourth-order valence-corrected chi connectivity index (χ4v) is 1.40. The number of nitrogen functional groups attached to an aromatic ring is 2. The average molecular weight is 218 g/mol. The van der Waals surface area contributed by atoms with Gasteiger partial charge in [-0.05, 0) is 12.1 Å². The summed E-state index contributed by atoms with van der Waals surface area (Å²) in [7, 11) is 0. The van der Waals surface area contributed by atoms with E-state index in [0.29, 0.717) is 12.0 Å². The number of carbonyl (C=O) groups is 1. The number of aromatic hydroxyl groups is 1. The summed E-state index contributed by atoms with van der Waals surface area (Å²) in [5, 5.41) is 13.2. The molecule has 0 aliphatic rings. The highest BCUT2D eigenvalue weighted by atomic mass is 16.3. The van der Waals surface area contributed by atoms with Gasteiger partial charge in [0.15, 0.2) is 12.1 Å². The van der Waals surface area contributed by atoms with E-state index in [1.54, 1.807) is 12.1 Å². The lowest BCUT2D eigenvalue weighted by atomic mass is 10.3. The SMILES string of the molecule is Nc1nn(-c2cccc(O)c2)c(N)c1C=O. The van der Waals surface area contributed by atoms with Gasteiger partial charge >= 0.3 is 0 Å². The molecule has 1 aromatic heterocycles. The number of hydrogen-bond donors (Lipinski definition) is 3. The van der Waals surface area contributed by atoms with Crippen LogP contribution in [0.15, 0.2) is 24.3 Å². The molecule has 0 saturated carbocycles. The van der Waals surface area contributed by atoms with Crippen molar-refractivity contribution < 1.29 is 9.90 Å². The van der Waals surface area contributed by atoms with E-state index in [-0.39, 0.29) is 22.9 Å². The molecule has 0 unspecified atom stereocenters. The predicted molar refractivity (Wildman–Crippen MR) is 59.4 cm³/mol. The Morgan fingerprint density at radius 1 is 1.38 bits per heavy atom. The Morgan fingerprint density at radius 2 is 2.12 bits per heavy atom. The van der Waals surface area contributed by atoms with Crippen molar-refractivity contribution in [3.05, 3.63) is 29.8 Å². The number of aldehydes is 1. The molecular weight excluding hydrogens is 208 g/mol. The number of nitrogens with zero attached hydrogens (tertiary/aromatic N) is 2. The molecule has 1 heterocycles. The standard InChI is InChI=1S/C10H10N4O2/c11-9-8(5-15)10(12)14(13-9)6-2-1-3-7(16)4-6/h1-5,16H,12H2,(H2,11,13). The van der Waals surface area contributed by atoms with Gasteiger partial charge in [-0.1, -0.05) is 6.07 Å². The summed E-state index contributed by atoms with van der Waals surface area (Å²) in [5.41, 5.74) is 11.9. The van der Waals surface area contributed by atoms with E-state index < -0.39 is 0 Å². The Bertz CT molecular complexity index is 548. The molecule has 2 rings (SSSR count). The number of hydrogen-bond acceptors (Lipinski definition) is 5. The predicted octanol–water partition coefficient (Wildman–Crippen LogP) is 0.555. The van der Waals surface area contributed by atoms with E-state index in [1.807, 2.05) is 0 Å². The second kappa shape index (κ2) is 3.58. The van der Waals surface area contributed by atoms with Crippen LogP contribution in [0.3, 0.4) is 0 Å². The molecule has 0 atom stereocenters. The highest BCUT2D eigenvalue weighted by Crippen LogP contribution is 2.22. The van der Waals surface area contributed by atoms with E-state index in [0.717, 1.165) is 0 Å². The van der Waals surface area contributed by atoms with Crippen molar-refractivity contribution >= 4 is 17.9 Å². The molecule has 0 radical (unpaired) electrons. The third-order valence-corrected chi connectivity index (χ3v) is 2.18. The second-order valence-electron chi connectivity index (χ2n) is 3.23. The van der Waals surface area contributed by atoms with Crippen molar-refractivity contribution in [1.82, 2.24) is 9.78 Å². The third kappa shape index (κ3) is 1.46. The quantitative estimate of drug-likeness (QED) is 0.638. The van der Waals surface area contributed by atoms with Gasteiger partial charge in [0, 0.05) is 6.07 Å². The zero-order chi connectivity index (χ0) is 11.7. The van der Waals surface area contributed by atoms with Gasteiger partial charge in [0.2, 0.25) is 0 Å². The number of nitrogens with two attached hydrogens (primary N) is 2. The van der Waals surface area contributed by atoms with Gasteiger partial charge in [0.25, 0.3) is 0 Å². The summed E-state index contributed by atoms with van der Waals surface area (Å²) < 4.78 is 1.30. The van der Waals surface area contributed by atoms with Crippen molar-refractivity contribution in [3.63, 3.8) is 0 Å². The minimum atomic E-state index is 0.0656. The number of phenolic OH excluding ortho intramolecular Hbond substituents is 1. The largest absolute Gasteiger partial charge is 0.508 e. The Labute approximate surface area is 91.1 Å². The monoisotopic (exact) mass is 218 g/mol. The number of phenols is 1. The summed E-state index contributed by atoms with van der Waals surface area (Å²) in [6, 6.07) is 6.32. The first kappa shape index (κ1) is 10.0. The van der Waals surface area contributed by atoms with Gasteiger partial charge in [-0.2, -0.15) is 0 Å². The van der Waals surface area contributed by atoms with Crippen LogP contribution in [0.5, 0.6) is 5.75 Å². The Balaban J connectivity index is 2.61. The summed E-state index contributed by atoms with van der Waals surface area (Å²) in [5.74, 6) is 0.299. The van der Waals surface area contributed by atoms with Gasteiger partial charge in [0.1, 0.15) is 17.1 Å². The van der Waals surface area contributed by atoms with E-state index in [4.69, 9.17) is 11.5 Å². The Morgan fingerprint density at radius 3 is 2.69 bits per heavy atom. The molecule has 0 amide bonds. The smallest absolute Gasteiger partial charge is 0.158 e. The van der Waals surface area contributed by atoms with Crippen molar-refractivity contribution in [2.24, 2.45) is 0 Å². The molecule has 82 valence electrons. The van der Waals surface area contributed by atoms with Crippen molar-refractivity contribution in [1.29, 1.82) is 0 Å². The topological polar surface area (TPSA) is 107 Å². The maximum Gasteiger partial charge on any atom is 0.158 e. The molecule has 1 aromatic carbocycles. The van der Waals surface area contributed by atoms with Crippen LogP contribution >= 0.6 is 0 Å². The minimum Gasteiger partial charge on any atom is -0.508 e. The number of aromatic nitrogens is 2. The second-order valence-corrected chi connectivity index (χ2v) is 3.23. The molecule has 6 heteroatoms. The number of carbonyl (C=O) groups excluding carboxylic acids is 1. The van der Waals surface area contributed by atoms with Gasteiger partial charge < -0.3 is 16.6 Å². The van der Waals surface area contributed by atoms with Gasteiger partial charge in [-0.15, -0.1) is 5.10 Å². The first-order valence-electron chi connectivity index (χ1n) is 4.52. The van der Waals surface area contributed by atoms with Crippen LogP contribution in [0.2, 0.25) is 0 Å². The molecule has 0 bridgehead atoms. The lowest BCUT2D eigenvalue weighted by Gasteiger charge is -2.03. The van der Waals surface area contributed by atoms with E-state index in [2.05, 4.69) is 5.10 Å². The van der Waals surface area contributed by atoms with E-state index >= 15 is 0 Å². The fourth-order valence-electron chi connectivity index (χ4n) is 1.40. The summed E-state index contributed by atoms with van der Waals surface area (Å²) in [6.07, 6.45) is 0.553. The zero-order valence-corrected chi connectivity index (χ0v) is 8.29. The van der Waals surface area contributed by atoms with Crippen molar-refractivity contribution in [2.45, 2.75) is 0 Å². The lowest BCUT2D eigenvalue weighted by molar-refractivity contribution is 0.112. The van der Waals surface area contributed by atoms with Crippen LogP contribution in [0, 0.1) is 0 Å². The van der Waals surface area contributed by atoms with Gasteiger partial charge in [-0.3, -0.25) is 4.79 Å². The van der Waals surface area contributed by atoms with Crippen molar-refractivity contribution in [2.75, 3.05) is 11.5 Å². The summed E-state index contributed by atoms with van der Waals surface area (Å²) in [4.78, 5) is 10.7. The normalized spacial score (nSPS) is 10.2. The average Bonchev–Trinajstić information content (AvgIpc) is 2.54. The van der Waals surface area contributed by atoms with Gasteiger partial charge in [-0.25, -0.2) is 4.68 Å². The highest BCUT2D eigenvalue weighted by molar-refractivity contribution is 5.88. The Kier molecular flexibility index (Phi) is 2.24. The maximum absolute atomic E-state index is 10.7. The van der Waals surface area contributed by atoms with Crippen LogP contribution in [0.4, 0.5) is 11.6 Å².